The average Bonchev–Trinajstić information content (AvgIpc) is 2.63. The zero-order chi connectivity index (χ0) is 16.8. The lowest BCUT2D eigenvalue weighted by Gasteiger charge is -2.04. The van der Waals surface area contributed by atoms with E-state index in [0.29, 0.717) is 5.82 Å². The highest BCUT2D eigenvalue weighted by Crippen LogP contribution is 2.19. The molecule has 3 aromatic rings. The molecule has 3 rings (SSSR count). The van der Waals surface area contributed by atoms with Crippen LogP contribution in [0.3, 0.4) is 0 Å². The molecule has 0 bridgehead atoms. The van der Waals surface area contributed by atoms with Crippen LogP contribution in [0.1, 0.15) is 11.1 Å². The number of anilines is 1. The highest BCUT2D eigenvalue weighted by atomic mass is 16.1. The maximum Gasteiger partial charge on any atom is 0.249 e. The molecule has 0 fully saturated rings. The maximum absolute atomic E-state index is 12.0. The van der Waals surface area contributed by atoms with Crippen LogP contribution in [0.2, 0.25) is 0 Å². The van der Waals surface area contributed by atoms with Gasteiger partial charge in [-0.05, 0) is 41.3 Å². The highest BCUT2D eigenvalue weighted by Gasteiger charge is 2.02. The van der Waals surface area contributed by atoms with Gasteiger partial charge in [-0.25, -0.2) is 4.98 Å². The second kappa shape index (κ2) is 7.38. The minimum Gasteiger partial charge on any atom is -0.307 e. The summed E-state index contributed by atoms with van der Waals surface area (Å²) in [5.74, 6) is 0.399. The molecule has 1 amide bonds. The minimum absolute atomic E-state index is 0.191. The van der Waals surface area contributed by atoms with Crippen molar-refractivity contribution < 1.29 is 4.79 Å². The summed E-state index contributed by atoms with van der Waals surface area (Å²) >= 11 is 0. The summed E-state index contributed by atoms with van der Waals surface area (Å²) in [6, 6.07) is 22.1. The zero-order valence-electron chi connectivity index (χ0n) is 13.4. The first-order chi connectivity index (χ1) is 11.7. The SMILES string of the molecule is Cc1cccnc1NC(=O)/C=C/c1ccc(-c2ccccc2)cc1. The molecule has 0 saturated heterocycles. The third-order valence-corrected chi connectivity index (χ3v) is 3.70. The minimum atomic E-state index is -0.191. The first kappa shape index (κ1) is 15.7. The summed E-state index contributed by atoms with van der Waals surface area (Å²) in [6.45, 7) is 1.91. The van der Waals surface area contributed by atoms with Gasteiger partial charge >= 0.3 is 0 Å². The van der Waals surface area contributed by atoms with E-state index in [2.05, 4.69) is 34.6 Å². The Labute approximate surface area is 141 Å². The van der Waals surface area contributed by atoms with Crippen LogP contribution in [-0.4, -0.2) is 10.9 Å². The monoisotopic (exact) mass is 314 g/mol. The van der Waals surface area contributed by atoms with E-state index in [-0.39, 0.29) is 5.91 Å². The van der Waals surface area contributed by atoms with Crippen LogP contribution in [0.4, 0.5) is 5.82 Å². The van der Waals surface area contributed by atoms with Crippen molar-refractivity contribution in [3.63, 3.8) is 0 Å². The molecule has 2 aromatic carbocycles. The van der Waals surface area contributed by atoms with E-state index in [1.54, 1.807) is 12.3 Å². The fourth-order valence-corrected chi connectivity index (χ4v) is 2.36. The molecule has 0 aliphatic rings. The molecule has 1 N–H and O–H groups in total. The van der Waals surface area contributed by atoms with Crippen LogP contribution >= 0.6 is 0 Å². The number of hydrogen-bond donors (Lipinski definition) is 1. The van der Waals surface area contributed by atoms with Gasteiger partial charge in [0.1, 0.15) is 5.82 Å². The van der Waals surface area contributed by atoms with E-state index in [0.717, 1.165) is 16.7 Å². The smallest absolute Gasteiger partial charge is 0.249 e. The number of pyridine rings is 1. The number of aryl methyl sites for hydroxylation is 1. The van der Waals surface area contributed by atoms with Crippen molar-refractivity contribution in [2.45, 2.75) is 6.92 Å². The van der Waals surface area contributed by atoms with Crippen molar-refractivity contribution in [1.29, 1.82) is 0 Å². The van der Waals surface area contributed by atoms with E-state index in [1.165, 1.54) is 11.6 Å². The molecule has 0 unspecified atom stereocenters. The number of hydrogen-bond acceptors (Lipinski definition) is 2. The molecule has 0 aliphatic heterocycles. The average molecular weight is 314 g/mol. The first-order valence-electron chi connectivity index (χ1n) is 7.78. The Hall–Kier alpha value is -3.20. The fraction of sp³-hybridized carbons (Fsp3) is 0.0476. The summed E-state index contributed by atoms with van der Waals surface area (Å²) in [7, 11) is 0. The van der Waals surface area contributed by atoms with Gasteiger partial charge in [0.05, 0.1) is 0 Å². The van der Waals surface area contributed by atoms with E-state index in [4.69, 9.17) is 0 Å². The summed E-state index contributed by atoms with van der Waals surface area (Å²) in [5.41, 5.74) is 4.24. The Balaban J connectivity index is 1.66. The number of nitrogens with one attached hydrogen (secondary N) is 1. The van der Waals surface area contributed by atoms with Crippen molar-refractivity contribution in [1.82, 2.24) is 4.98 Å². The van der Waals surface area contributed by atoms with Gasteiger partial charge in [0, 0.05) is 12.3 Å². The van der Waals surface area contributed by atoms with E-state index in [1.807, 2.05) is 49.4 Å². The lowest BCUT2D eigenvalue weighted by atomic mass is 10.0. The van der Waals surface area contributed by atoms with Crippen molar-refractivity contribution in [3.05, 3.63) is 90.1 Å². The number of amides is 1. The van der Waals surface area contributed by atoms with Crippen molar-refractivity contribution in [2.75, 3.05) is 5.32 Å². The standard InChI is InChI=1S/C21H18N2O/c1-16-6-5-15-22-21(16)23-20(24)14-11-17-9-12-19(13-10-17)18-7-3-2-4-8-18/h2-15H,1H3,(H,22,23,24)/b14-11+. The van der Waals surface area contributed by atoms with Crippen molar-refractivity contribution >= 4 is 17.8 Å². The molecule has 1 heterocycles. The Kier molecular flexibility index (Phi) is 4.82. The quantitative estimate of drug-likeness (QED) is 0.709. The second-order valence-electron chi connectivity index (χ2n) is 5.48. The molecule has 118 valence electrons. The van der Waals surface area contributed by atoms with Gasteiger partial charge in [-0.3, -0.25) is 4.79 Å². The molecular weight excluding hydrogens is 296 g/mol. The van der Waals surface area contributed by atoms with E-state index < -0.39 is 0 Å². The van der Waals surface area contributed by atoms with Gasteiger partial charge in [-0.1, -0.05) is 60.7 Å². The van der Waals surface area contributed by atoms with E-state index >= 15 is 0 Å². The lowest BCUT2D eigenvalue weighted by molar-refractivity contribution is -0.111. The molecule has 24 heavy (non-hydrogen) atoms. The fourth-order valence-electron chi connectivity index (χ4n) is 2.36. The number of carbonyl (C=O) groups excluding carboxylic acids is 1. The van der Waals surface area contributed by atoms with Crippen LogP contribution in [0, 0.1) is 6.92 Å². The second-order valence-corrected chi connectivity index (χ2v) is 5.48. The maximum atomic E-state index is 12.0. The van der Waals surface area contributed by atoms with Gasteiger partial charge in [-0.2, -0.15) is 0 Å². The summed E-state index contributed by atoms with van der Waals surface area (Å²) < 4.78 is 0. The molecule has 0 saturated carbocycles. The largest absolute Gasteiger partial charge is 0.307 e. The predicted octanol–water partition coefficient (Wildman–Crippen LogP) is 4.71. The Morgan fingerprint density at radius 2 is 1.62 bits per heavy atom. The summed E-state index contributed by atoms with van der Waals surface area (Å²) in [4.78, 5) is 16.1. The first-order valence-corrected chi connectivity index (χ1v) is 7.78. The number of benzene rings is 2. The van der Waals surface area contributed by atoms with Gasteiger partial charge in [-0.15, -0.1) is 0 Å². The number of rotatable bonds is 4. The van der Waals surface area contributed by atoms with Crippen LogP contribution in [-0.2, 0) is 4.79 Å². The summed E-state index contributed by atoms with van der Waals surface area (Å²) in [5, 5.41) is 2.78. The molecule has 3 heteroatoms. The van der Waals surface area contributed by atoms with Gasteiger partial charge in [0.2, 0.25) is 5.91 Å². The number of aromatic nitrogens is 1. The summed E-state index contributed by atoms with van der Waals surface area (Å²) in [6.07, 6.45) is 4.97. The van der Waals surface area contributed by atoms with Crippen LogP contribution < -0.4 is 5.32 Å². The van der Waals surface area contributed by atoms with E-state index in [9.17, 15) is 4.79 Å². The van der Waals surface area contributed by atoms with Crippen molar-refractivity contribution in [3.8, 4) is 11.1 Å². The third-order valence-electron chi connectivity index (χ3n) is 3.70. The molecule has 0 radical (unpaired) electrons. The van der Waals surface area contributed by atoms with Crippen LogP contribution in [0.15, 0.2) is 79.0 Å². The van der Waals surface area contributed by atoms with Crippen LogP contribution in [0.5, 0.6) is 0 Å². The molecule has 0 aliphatic carbocycles. The lowest BCUT2D eigenvalue weighted by Crippen LogP contribution is -2.10. The van der Waals surface area contributed by atoms with Gasteiger partial charge < -0.3 is 5.32 Å². The zero-order valence-corrected chi connectivity index (χ0v) is 13.4. The normalized spacial score (nSPS) is 10.7. The molecule has 1 aromatic heterocycles. The third kappa shape index (κ3) is 3.96. The highest BCUT2D eigenvalue weighted by molar-refractivity contribution is 6.01. The Morgan fingerprint density at radius 3 is 2.33 bits per heavy atom. The van der Waals surface area contributed by atoms with Gasteiger partial charge in [0.15, 0.2) is 0 Å². The molecule has 0 atom stereocenters. The molecule has 0 spiro atoms. The molecular formula is C21H18N2O. The van der Waals surface area contributed by atoms with Crippen molar-refractivity contribution in [2.24, 2.45) is 0 Å². The number of carbonyl (C=O) groups is 1. The molecule has 3 nitrogen and oxygen atoms in total. The number of nitrogens with zero attached hydrogens (tertiary/aromatic N) is 1. The predicted molar refractivity (Wildman–Crippen MR) is 98.5 cm³/mol. The Morgan fingerprint density at radius 1 is 0.917 bits per heavy atom. The van der Waals surface area contributed by atoms with Gasteiger partial charge in [0.25, 0.3) is 0 Å². The van der Waals surface area contributed by atoms with Crippen LogP contribution in [0.25, 0.3) is 17.2 Å². The topological polar surface area (TPSA) is 42.0 Å². The Bertz CT molecular complexity index is 853.